The van der Waals surface area contributed by atoms with E-state index in [0.717, 1.165) is 18.5 Å². The van der Waals surface area contributed by atoms with Gasteiger partial charge in [0.05, 0.1) is 30.1 Å². The number of benzene rings is 1. The van der Waals surface area contributed by atoms with Crippen molar-refractivity contribution in [2.24, 2.45) is 0 Å². The second-order valence-corrected chi connectivity index (χ2v) is 9.36. The maximum absolute atomic E-state index is 13.4. The molecule has 2 saturated heterocycles. The van der Waals surface area contributed by atoms with Crippen molar-refractivity contribution < 1.29 is 17.9 Å². The molecule has 2 aliphatic heterocycles. The number of carbonyl (C=O) groups is 1. The number of hydrogen-bond donors (Lipinski definition) is 0. The lowest BCUT2D eigenvalue weighted by molar-refractivity contribution is 0.0435. The molecule has 0 radical (unpaired) electrons. The van der Waals surface area contributed by atoms with Gasteiger partial charge in [-0.2, -0.15) is 0 Å². The third-order valence-corrected chi connectivity index (χ3v) is 6.98. The van der Waals surface area contributed by atoms with Gasteiger partial charge < -0.3 is 9.64 Å². The first-order valence-electron chi connectivity index (χ1n) is 9.24. The molecule has 0 aliphatic carbocycles. The molecule has 0 spiro atoms. The standard InChI is InChI=1S/C19H23N3O4S/c23-19(18-11-20-14-22(18)15-5-2-1-3-6-15)21(12-17-7-4-9-26-17)16-8-10-27(24,25)13-16/h1-3,5-6,11,14,16-17H,4,7-10,12-13H2/t16-,17+/m0/s1. The van der Waals surface area contributed by atoms with Gasteiger partial charge in [-0.25, -0.2) is 13.4 Å². The van der Waals surface area contributed by atoms with Crippen LogP contribution in [0.2, 0.25) is 0 Å². The molecule has 7 nitrogen and oxygen atoms in total. The van der Waals surface area contributed by atoms with Crippen molar-refractivity contribution in [2.45, 2.75) is 31.4 Å². The average Bonchev–Trinajstić information content (AvgIpc) is 3.40. The molecule has 0 unspecified atom stereocenters. The SMILES string of the molecule is O=C(c1cncn1-c1ccccc1)N(C[C@H]1CCCO1)[C@H]1CCS(=O)(=O)C1. The van der Waals surface area contributed by atoms with Crippen LogP contribution in [0, 0.1) is 0 Å². The molecule has 1 aromatic heterocycles. The van der Waals surface area contributed by atoms with E-state index in [4.69, 9.17) is 4.74 Å². The Bertz CT molecular complexity index is 904. The highest BCUT2D eigenvalue weighted by atomic mass is 32.2. The van der Waals surface area contributed by atoms with Gasteiger partial charge in [0.2, 0.25) is 0 Å². The summed E-state index contributed by atoms with van der Waals surface area (Å²) >= 11 is 0. The fraction of sp³-hybridized carbons (Fsp3) is 0.474. The zero-order valence-corrected chi connectivity index (χ0v) is 15.8. The van der Waals surface area contributed by atoms with E-state index < -0.39 is 9.84 Å². The van der Waals surface area contributed by atoms with Crippen LogP contribution in [0.1, 0.15) is 29.8 Å². The van der Waals surface area contributed by atoms with Gasteiger partial charge in [-0.15, -0.1) is 0 Å². The van der Waals surface area contributed by atoms with Crippen LogP contribution in [0.4, 0.5) is 0 Å². The number of nitrogens with zero attached hydrogens (tertiary/aromatic N) is 3. The quantitative estimate of drug-likeness (QED) is 0.777. The summed E-state index contributed by atoms with van der Waals surface area (Å²) in [7, 11) is -3.10. The van der Waals surface area contributed by atoms with Crippen LogP contribution < -0.4 is 0 Å². The molecule has 3 heterocycles. The zero-order chi connectivity index (χ0) is 18.9. The Balaban J connectivity index is 1.64. The predicted molar refractivity (Wildman–Crippen MR) is 101 cm³/mol. The zero-order valence-electron chi connectivity index (χ0n) is 15.0. The van der Waals surface area contributed by atoms with Gasteiger partial charge in [0.25, 0.3) is 5.91 Å². The van der Waals surface area contributed by atoms with E-state index in [-0.39, 0.29) is 29.6 Å². The third-order valence-electron chi connectivity index (χ3n) is 5.23. The summed E-state index contributed by atoms with van der Waals surface area (Å²) in [6.07, 6.45) is 5.45. The highest BCUT2D eigenvalue weighted by Gasteiger charge is 2.37. The first-order chi connectivity index (χ1) is 13.0. The van der Waals surface area contributed by atoms with Crippen LogP contribution in [0.5, 0.6) is 0 Å². The Morgan fingerprint density at radius 1 is 1.26 bits per heavy atom. The lowest BCUT2D eigenvalue weighted by Gasteiger charge is -2.30. The monoisotopic (exact) mass is 389 g/mol. The van der Waals surface area contributed by atoms with Gasteiger partial charge in [-0.1, -0.05) is 18.2 Å². The molecule has 0 bridgehead atoms. The highest BCUT2D eigenvalue weighted by molar-refractivity contribution is 7.91. The van der Waals surface area contributed by atoms with Crippen molar-refractivity contribution in [3.8, 4) is 5.69 Å². The third kappa shape index (κ3) is 3.91. The van der Waals surface area contributed by atoms with Crippen molar-refractivity contribution >= 4 is 15.7 Å². The Morgan fingerprint density at radius 3 is 2.74 bits per heavy atom. The molecule has 4 rings (SSSR count). The van der Waals surface area contributed by atoms with Gasteiger partial charge in [0.1, 0.15) is 5.69 Å². The van der Waals surface area contributed by atoms with Crippen molar-refractivity contribution in [3.63, 3.8) is 0 Å². The topological polar surface area (TPSA) is 81.5 Å². The summed E-state index contributed by atoms with van der Waals surface area (Å²) in [5, 5.41) is 0. The maximum atomic E-state index is 13.4. The van der Waals surface area contributed by atoms with Crippen LogP contribution in [0.15, 0.2) is 42.9 Å². The Hall–Kier alpha value is -2.19. The first kappa shape index (κ1) is 18.2. The van der Waals surface area contributed by atoms with Crippen molar-refractivity contribution in [1.82, 2.24) is 14.5 Å². The van der Waals surface area contributed by atoms with E-state index in [1.807, 2.05) is 30.3 Å². The number of ether oxygens (including phenoxy) is 1. The van der Waals surface area contributed by atoms with Crippen molar-refractivity contribution in [3.05, 3.63) is 48.5 Å². The summed E-state index contributed by atoms with van der Waals surface area (Å²) in [5.74, 6) is -0.0514. The molecule has 8 heteroatoms. The van der Waals surface area contributed by atoms with E-state index in [0.29, 0.717) is 25.3 Å². The Labute approximate surface area is 158 Å². The van der Waals surface area contributed by atoms with E-state index in [2.05, 4.69) is 4.98 Å². The minimum Gasteiger partial charge on any atom is -0.376 e. The lowest BCUT2D eigenvalue weighted by atomic mass is 10.1. The van der Waals surface area contributed by atoms with Crippen LogP contribution in [0.3, 0.4) is 0 Å². The summed E-state index contributed by atoms with van der Waals surface area (Å²) in [5.41, 5.74) is 1.28. The molecule has 2 aromatic rings. The molecular formula is C19H23N3O4S. The normalized spacial score (nSPS) is 24.1. The van der Waals surface area contributed by atoms with Crippen molar-refractivity contribution in [1.29, 1.82) is 0 Å². The fourth-order valence-corrected chi connectivity index (χ4v) is 5.55. The summed E-state index contributed by atoms with van der Waals surface area (Å²) < 4.78 is 31.4. The number of sulfone groups is 1. The minimum atomic E-state index is -3.10. The Morgan fingerprint density at radius 2 is 2.07 bits per heavy atom. The van der Waals surface area contributed by atoms with Crippen LogP contribution in [-0.4, -0.2) is 65.6 Å². The van der Waals surface area contributed by atoms with Crippen LogP contribution in [0.25, 0.3) is 5.69 Å². The van der Waals surface area contributed by atoms with Gasteiger partial charge in [-0.3, -0.25) is 9.36 Å². The molecule has 27 heavy (non-hydrogen) atoms. The molecule has 1 amide bonds. The number of hydrogen-bond acceptors (Lipinski definition) is 5. The molecular weight excluding hydrogens is 366 g/mol. The van der Waals surface area contributed by atoms with Crippen LogP contribution >= 0.6 is 0 Å². The average molecular weight is 389 g/mol. The van der Waals surface area contributed by atoms with E-state index in [1.54, 1.807) is 22.0 Å². The number of rotatable bonds is 5. The predicted octanol–water partition coefficient (Wildman–Crippen LogP) is 1.68. The fourth-order valence-electron chi connectivity index (χ4n) is 3.82. The van der Waals surface area contributed by atoms with Gasteiger partial charge >= 0.3 is 0 Å². The van der Waals surface area contributed by atoms with Gasteiger partial charge in [0.15, 0.2) is 9.84 Å². The molecule has 1 aromatic carbocycles. The summed E-state index contributed by atoms with van der Waals surface area (Å²) in [4.78, 5) is 19.2. The molecule has 0 saturated carbocycles. The van der Waals surface area contributed by atoms with E-state index in [1.165, 1.54) is 0 Å². The number of para-hydroxylation sites is 1. The second kappa shape index (κ2) is 7.44. The molecule has 0 N–H and O–H groups in total. The summed E-state index contributed by atoms with van der Waals surface area (Å²) in [6.45, 7) is 1.11. The number of carbonyl (C=O) groups excluding carboxylic acids is 1. The van der Waals surface area contributed by atoms with Crippen LogP contribution in [-0.2, 0) is 14.6 Å². The van der Waals surface area contributed by atoms with Gasteiger partial charge in [-0.05, 0) is 31.4 Å². The molecule has 2 fully saturated rings. The molecule has 144 valence electrons. The molecule has 2 atom stereocenters. The summed E-state index contributed by atoms with van der Waals surface area (Å²) in [6, 6.07) is 9.21. The second-order valence-electron chi connectivity index (χ2n) is 7.13. The minimum absolute atomic E-state index is 0.0188. The van der Waals surface area contributed by atoms with E-state index >= 15 is 0 Å². The maximum Gasteiger partial charge on any atom is 0.272 e. The smallest absolute Gasteiger partial charge is 0.272 e. The van der Waals surface area contributed by atoms with Gasteiger partial charge in [0, 0.05) is 24.9 Å². The number of aromatic nitrogens is 2. The number of amides is 1. The van der Waals surface area contributed by atoms with Crippen molar-refractivity contribution in [2.75, 3.05) is 24.7 Å². The highest BCUT2D eigenvalue weighted by Crippen LogP contribution is 2.24. The lowest BCUT2D eigenvalue weighted by Crippen LogP contribution is -2.45. The largest absolute Gasteiger partial charge is 0.376 e. The van der Waals surface area contributed by atoms with E-state index in [9.17, 15) is 13.2 Å². The number of imidazole rings is 1. The Kier molecular flexibility index (Phi) is 5.01. The molecule has 2 aliphatic rings. The first-order valence-corrected chi connectivity index (χ1v) is 11.1.